The third-order valence-electron chi connectivity index (χ3n) is 3.30. The van der Waals surface area contributed by atoms with Gasteiger partial charge in [-0.25, -0.2) is 9.97 Å². The van der Waals surface area contributed by atoms with Crippen molar-refractivity contribution in [3.05, 3.63) is 51.1 Å². The molecule has 0 aliphatic rings. The van der Waals surface area contributed by atoms with Crippen molar-refractivity contribution in [2.45, 2.75) is 17.2 Å². The lowest BCUT2D eigenvalue weighted by Gasteiger charge is -2.12. The Balaban J connectivity index is 1.76. The second-order valence-corrected chi connectivity index (χ2v) is 7.62. The highest BCUT2D eigenvalue weighted by atomic mass is 35.5. The van der Waals surface area contributed by atoms with Crippen LogP contribution in [0.4, 0.5) is 11.4 Å². The molecule has 1 amide bonds. The van der Waals surface area contributed by atoms with Gasteiger partial charge in [0.2, 0.25) is 5.91 Å². The summed E-state index contributed by atoms with van der Waals surface area (Å²) < 4.78 is 0. The first-order valence-corrected chi connectivity index (χ1v) is 9.19. The van der Waals surface area contributed by atoms with Crippen molar-refractivity contribution in [2.75, 3.05) is 5.32 Å². The van der Waals surface area contributed by atoms with Gasteiger partial charge in [0.05, 0.1) is 20.9 Å². The van der Waals surface area contributed by atoms with Crippen LogP contribution < -0.4 is 5.32 Å². The number of thioether (sulfide) groups is 1. The van der Waals surface area contributed by atoms with E-state index >= 15 is 0 Å². The third kappa shape index (κ3) is 3.89. The highest BCUT2D eigenvalue weighted by Gasteiger charge is 2.19. The van der Waals surface area contributed by atoms with E-state index in [-0.39, 0.29) is 22.3 Å². The fraction of sp³-hybridized carbons (Fsp3) is 0.133. The van der Waals surface area contributed by atoms with Gasteiger partial charge in [-0.3, -0.25) is 14.9 Å². The lowest BCUT2D eigenvalue weighted by atomic mass is 10.2. The van der Waals surface area contributed by atoms with E-state index in [0.29, 0.717) is 5.03 Å². The van der Waals surface area contributed by atoms with Crippen LogP contribution in [0.2, 0.25) is 5.02 Å². The summed E-state index contributed by atoms with van der Waals surface area (Å²) in [5.74, 6) is -0.325. The van der Waals surface area contributed by atoms with Gasteiger partial charge in [-0.15, -0.1) is 11.3 Å². The van der Waals surface area contributed by atoms with Gasteiger partial charge in [0.1, 0.15) is 16.2 Å². The van der Waals surface area contributed by atoms with Gasteiger partial charge in [-0.2, -0.15) is 0 Å². The predicted molar refractivity (Wildman–Crippen MR) is 99.5 cm³/mol. The number of hydrogen-bond acceptors (Lipinski definition) is 7. The number of carbonyl (C=O) groups excluding carboxylic acids is 1. The number of hydrogen-bond donors (Lipinski definition) is 1. The van der Waals surface area contributed by atoms with Crippen LogP contribution >= 0.6 is 34.7 Å². The number of benzene rings is 1. The number of carbonyl (C=O) groups is 1. The fourth-order valence-corrected chi connectivity index (χ4v) is 3.90. The number of nitro benzene ring substituents is 1. The van der Waals surface area contributed by atoms with Gasteiger partial charge in [0.15, 0.2) is 0 Å². The molecular weight excluding hydrogens is 384 g/mol. The summed E-state index contributed by atoms with van der Waals surface area (Å²) in [7, 11) is 0. The first-order valence-electron chi connectivity index (χ1n) is 7.05. The Morgan fingerprint density at radius 3 is 2.96 bits per heavy atom. The van der Waals surface area contributed by atoms with E-state index < -0.39 is 10.2 Å². The third-order valence-corrected chi connectivity index (χ3v) is 5.57. The monoisotopic (exact) mass is 394 g/mol. The fourth-order valence-electron chi connectivity index (χ4n) is 2.04. The molecule has 0 fully saturated rings. The molecule has 25 heavy (non-hydrogen) atoms. The summed E-state index contributed by atoms with van der Waals surface area (Å²) in [6, 6.07) is 5.81. The lowest BCUT2D eigenvalue weighted by Crippen LogP contribution is -2.22. The van der Waals surface area contributed by atoms with Crippen LogP contribution in [0.25, 0.3) is 10.2 Å². The van der Waals surface area contributed by atoms with Gasteiger partial charge in [0, 0.05) is 17.5 Å². The number of nitrogens with one attached hydrogen (secondary N) is 1. The van der Waals surface area contributed by atoms with Gasteiger partial charge >= 0.3 is 0 Å². The summed E-state index contributed by atoms with van der Waals surface area (Å²) in [5, 5.41) is 16.8. The molecule has 0 bridgehead atoms. The van der Waals surface area contributed by atoms with E-state index in [1.54, 1.807) is 6.92 Å². The quantitative estimate of drug-likeness (QED) is 0.298. The molecule has 0 aliphatic heterocycles. The van der Waals surface area contributed by atoms with E-state index in [0.717, 1.165) is 10.2 Å². The average Bonchev–Trinajstić information content (AvgIpc) is 3.06. The lowest BCUT2D eigenvalue weighted by molar-refractivity contribution is -0.384. The van der Waals surface area contributed by atoms with Crippen molar-refractivity contribution in [2.24, 2.45) is 0 Å². The summed E-state index contributed by atoms with van der Waals surface area (Å²) >= 11 is 8.80. The van der Waals surface area contributed by atoms with Gasteiger partial charge in [-0.1, -0.05) is 23.4 Å². The number of aromatic nitrogens is 2. The average molecular weight is 395 g/mol. The highest BCUT2D eigenvalue weighted by molar-refractivity contribution is 8.00. The Kier molecular flexibility index (Phi) is 5.16. The molecule has 0 spiro atoms. The summed E-state index contributed by atoms with van der Waals surface area (Å²) in [6.45, 7) is 1.73. The van der Waals surface area contributed by atoms with Gasteiger partial charge in [-0.05, 0) is 24.4 Å². The van der Waals surface area contributed by atoms with Crippen molar-refractivity contribution < 1.29 is 9.72 Å². The largest absolute Gasteiger partial charge is 0.324 e. The maximum atomic E-state index is 12.4. The SMILES string of the molecule is CC(Sc1ncnc2sccc12)C(=O)Nc1cc([N+](=O)[O-])ccc1Cl. The Labute approximate surface area is 155 Å². The molecule has 2 aromatic heterocycles. The van der Waals surface area contributed by atoms with Crippen LogP contribution in [0.15, 0.2) is 41.0 Å². The zero-order valence-electron chi connectivity index (χ0n) is 12.8. The first kappa shape index (κ1) is 17.6. The molecule has 0 saturated carbocycles. The summed E-state index contributed by atoms with van der Waals surface area (Å²) in [5.41, 5.74) is 0.0625. The molecule has 7 nitrogen and oxygen atoms in total. The molecule has 2 heterocycles. The highest BCUT2D eigenvalue weighted by Crippen LogP contribution is 2.32. The number of nitro groups is 1. The topological polar surface area (TPSA) is 98.0 Å². The molecular formula is C15H11ClN4O3S2. The number of nitrogens with zero attached hydrogens (tertiary/aromatic N) is 3. The van der Waals surface area contributed by atoms with E-state index in [1.807, 2.05) is 11.4 Å². The molecule has 1 aromatic carbocycles. The molecule has 1 unspecified atom stereocenters. The van der Waals surface area contributed by atoms with E-state index in [9.17, 15) is 14.9 Å². The normalized spacial score (nSPS) is 12.1. The second kappa shape index (κ2) is 7.34. The number of fused-ring (bicyclic) bond motifs is 1. The van der Waals surface area contributed by atoms with Crippen molar-refractivity contribution in [1.82, 2.24) is 9.97 Å². The van der Waals surface area contributed by atoms with Gasteiger partial charge in [0.25, 0.3) is 5.69 Å². The van der Waals surface area contributed by atoms with Crippen LogP contribution in [0.1, 0.15) is 6.92 Å². The molecule has 3 aromatic rings. The number of halogens is 1. The summed E-state index contributed by atoms with van der Waals surface area (Å²) in [4.78, 5) is 32.0. The molecule has 3 rings (SSSR count). The van der Waals surface area contributed by atoms with Crippen LogP contribution in [0.3, 0.4) is 0 Å². The minimum absolute atomic E-state index is 0.143. The molecule has 0 saturated heterocycles. The van der Waals surface area contributed by atoms with Crippen LogP contribution in [-0.4, -0.2) is 26.0 Å². The predicted octanol–water partition coefficient (Wildman–Crippen LogP) is 4.37. The molecule has 0 radical (unpaired) electrons. The molecule has 1 atom stereocenters. The standard InChI is InChI=1S/C15H11ClN4O3S2/c1-8(25-15-10-4-5-24-14(10)17-7-18-15)13(21)19-12-6-9(20(22)23)2-3-11(12)16/h2-8H,1H3,(H,19,21). The van der Waals surface area contributed by atoms with Gasteiger partial charge < -0.3 is 5.32 Å². The minimum Gasteiger partial charge on any atom is -0.324 e. The maximum Gasteiger partial charge on any atom is 0.271 e. The number of non-ortho nitro benzene ring substituents is 1. The number of thiophene rings is 1. The number of rotatable bonds is 5. The Morgan fingerprint density at radius 2 is 2.20 bits per heavy atom. The smallest absolute Gasteiger partial charge is 0.271 e. The molecule has 0 aliphatic carbocycles. The zero-order valence-corrected chi connectivity index (χ0v) is 15.2. The van der Waals surface area contributed by atoms with Crippen LogP contribution in [0.5, 0.6) is 0 Å². The van der Waals surface area contributed by atoms with E-state index in [1.165, 1.54) is 47.6 Å². The van der Waals surface area contributed by atoms with E-state index in [2.05, 4.69) is 15.3 Å². The molecule has 1 N–H and O–H groups in total. The van der Waals surface area contributed by atoms with Crippen molar-refractivity contribution >= 4 is 62.2 Å². The Hall–Kier alpha value is -2.23. The van der Waals surface area contributed by atoms with Crippen molar-refractivity contribution in [1.29, 1.82) is 0 Å². The Bertz CT molecular complexity index is 963. The maximum absolute atomic E-state index is 12.4. The second-order valence-electron chi connectivity index (χ2n) is 4.99. The molecule has 10 heteroatoms. The minimum atomic E-state index is -0.543. The van der Waals surface area contributed by atoms with E-state index in [4.69, 9.17) is 11.6 Å². The molecule has 128 valence electrons. The van der Waals surface area contributed by atoms with Crippen LogP contribution in [0, 0.1) is 10.1 Å². The number of amides is 1. The Morgan fingerprint density at radius 1 is 1.40 bits per heavy atom. The van der Waals surface area contributed by atoms with Crippen molar-refractivity contribution in [3.63, 3.8) is 0 Å². The first-order chi connectivity index (χ1) is 12.0. The van der Waals surface area contributed by atoms with Crippen molar-refractivity contribution in [3.8, 4) is 0 Å². The number of anilines is 1. The summed E-state index contributed by atoms with van der Waals surface area (Å²) in [6.07, 6.45) is 1.46. The zero-order chi connectivity index (χ0) is 18.0. The van der Waals surface area contributed by atoms with Crippen LogP contribution in [-0.2, 0) is 4.79 Å².